The van der Waals surface area contributed by atoms with Crippen molar-refractivity contribution in [2.75, 3.05) is 19.6 Å². The largest absolute Gasteiger partial charge is 0.454 e. The molecule has 2 amide bonds. The summed E-state index contributed by atoms with van der Waals surface area (Å²) in [4.78, 5) is 24.9. The SMILES string of the molecule is CSc1ccc([C@@H](O)CNC(=O)C(=O)NCc2ccc3c(c2)OCO3)cc1. The van der Waals surface area contributed by atoms with E-state index in [0.29, 0.717) is 17.1 Å². The first-order valence-corrected chi connectivity index (χ1v) is 9.56. The Morgan fingerprint density at radius 2 is 1.78 bits per heavy atom. The number of fused-ring (bicyclic) bond motifs is 1. The van der Waals surface area contributed by atoms with Gasteiger partial charge in [0.15, 0.2) is 11.5 Å². The highest BCUT2D eigenvalue weighted by molar-refractivity contribution is 7.98. The molecule has 0 aromatic heterocycles. The van der Waals surface area contributed by atoms with E-state index in [1.807, 2.05) is 18.4 Å². The van der Waals surface area contributed by atoms with Crippen LogP contribution < -0.4 is 20.1 Å². The lowest BCUT2D eigenvalue weighted by atomic mass is 10.1. The topological polar surface area (TPSA) is 96.9 Å². The average molecular weight is 388 g/mol. The van der Waals surface area contributed by atoms with Crippen LogP contribution in [0.1, 0.15) is 17.2 Å². The number of carbonyl (C=O) groups excluding carboxylic acids is 2. The van der Waals surface area contributed by atoms with Gasteiger partial charge < -0.3 is 25.2 Å². The van der Waals surface area contributed by atoms with Crippen LogP contribution in [0.3, 0.4) is 0 Å². The monoisotopic (exact) mass is 388 g/mol. The van der Waals surface area contributed by atoms with Gasteiger partial charge in [-0.25, -0.2) is 0 Å². The molecule has 1 aliphatic heterocycles. The van der Waals surface area contributed by atoms with Crippen molar-refractivity contribution in [1.82, 2.24) is 10.6 Å². The standard InChI is InChI=1S/C19H20N2O5S/c1-27-14-5-3-13(4-6-14)15(22)10-21-19(24)18(23)20-9-12-2-7-16-17(8-12)26-11-25-16/h2-8,15,22H,9-11H2,1H3,(H,20,23)(H,21,24)/t15-/m0/s1. The first-order valence-electron chi connectivity index (χ1n) is 8.33. The maximum Gasteiger partial charge on any atom is 0.309 e. The van der Waals surface area contributed by atoms with E-state index in [4.69, 9.17) is 9.47 Å². The van der Waals surface area contributed by atoms with Crippen molar-refractivity contribution in [1.29, 1.82) is 0 Å². The van der Waals surface area contributed by atoms with E-state index in [2.05, 4.69) is 10.6 Å². The van der Waals surface area contributed by atoms with Gasteiger partial charge in [-0.2, -0.15) is 0 Å². The Morgan fingerprint density at radius 3 is 2.52 bits per heavy atom. The zero-order chi connectivity index (χ0) is 19.2. The van der Waals surface area contributed by atoms with Crippen molar-refractivity contribution in [2.24, 2.45) is 0 Å². The molecular formula is C19H20N2O5S. The number of hydrogen-bond donors (Lipinski definition) is 3. The van der Waals surface area contributed by atoms with Crippen LogP contribution >= 0.6 is 11.8 Å². The predicted molar refractivity (Wildman–Crippen MR) is 101 cm³/mol. The Morgan fingerprint density at radius 1 is 1.07 bits per heavy atom. The fourth-order valence-corrected chi connectivity index (χ4v) is 2.94. The van der Waals surface area contributed by atoms with Crippen molar-refractivity contribution in [3.05, 3.63) is 53.6 Å². The molecule has 27 heavy (non-hydrogen) atoms. The number of thioether (sulfide) groups is 1. The first kappa shape index (κ1) is 19.1. The van der Waals surface area contributed by atoms with Crippen LogP contribution in [0.4, 0.5) is 0 Å². The van der Waals surface area contributed by atoms with Crippen LogP contribution in [0.2, 0.25) is 0 Å². The molecule has 0 fully saturated rings. The van der Waals surface area contributed by atoms with E-state index in [1.165, 1.54) is 0 Å². The molecule has 3 N–H and O–H groups in total. The fourth-order valence-electron chi connectivity index (χ4n) is 2.53. The number of nitrogens with one attached hydrogen (secondary N) is 2. The summed E-state index contributed by atoms with van der Waals surface area (Å²) in [6.07, 6.45) is 1.08. The van der Waals surface area contributed by atoms with Gasteiger partial charge in [0, 0.05) is 18.0 Å². The highest BCUT2D eigenvalue weighted by Gasteiger charge is 2.17. The lowest BCUT2D eigenvalue weighted by Gasteiger charge is -2.13. The summed E-state index contributed by atoms with van der Waals surface area (Å²) in [5, 5.41) is 15.1. The van der Waals surface area contributed by atoms with Crippen molar-refractivity contribution < 1.29 is 24.2 Å². The van der Waals surface area contributed by atoms with Crippen molar-refractivity contribution in [3.63, 3.8) is 0 Å². The molecule has 1 aliphatic rings. The number of rotatable bonds is 6. The minimum atomic E-state index is -0.883. The second kappa shape index (κ2) is 8.79. The second-order valence-corrected chi connectivity index (χ2v) is 6.75. The summed E-state index contributed by atoms with van der Waals surface area (Å²) in [5.41, 5.74) is 1.46. The van der Waals surface area contributed by atoms with E-state index in [1.54, 1.807) is 42.1 Å². The van der Waals surface area contributed by atoms with E-state index in [0.717, 1.165) is 10.5 Å². The summed E-state index contributed by atoms with van der Waals surface area (Å²) in [5.74, 6) is -0.294. The number of ether oxygens (including phenoxy) is 2. The fraction of sp³-hybridized carbons (Fsp3) is 0.263. The number of hydrogen-bond acceptors (Lipinski definition) is 6. The van der Waals surface area contributed by atoms with Gasteiger partial charge in [-0.1, -0.05) is 18.2 Å². The molecule has 1 heterocycles. The minimum absolute atomic E-state index is 0.0467. The molecule has 0 aliphatic carbocycles. The molecule has 3 rings (SSSR count). The van der Waals surface area contributed by atoms with E-state index >= 15 is 0 Å². The van der Waals surface area contributed by atoms with E-state index < -0.39 is 17.9 Å². The molecule has 0 spiro atoms. The molecule has 0 saturated carbocycles. The molecule has 0 unspecified atom stereocenters. The van der Waals surface area contributed by atoms with Crippen LogP contribution in [-0.2, 0) is 16.1 Å². The van der Waals surface area contributed by atoms with Gasteiger partial charge in [0.2, 0.25) is 6.79 Å². The van der Waals surface area contributed by atoms with E-state index in [-0.39, 0.29) is 19.9 Å². The Bertz CT molecular complexity index is 825. The first-order chi connectivity index (χ1) is 13.1. The predicted octanol–water partition coefficient (Wildman–Crippen LogP) is 1.60. The number of carbonyl (C=O) groups is 2. The van der Waals surface area contributed by atoms with Crippen molar-refractivity contribution in [3.8, 4) is 11.5 Å². The smallest absolute Gasteiger partial charge is 0.309 e. The summed E-state index contributed by atoms with van der Waals surface area (Å²) in [6, 6.07) is 12.7. The molecule has 0 radical (unpaired) electrons. The molecule has 1 atom stereocenters. The molecule has 2 aromatic carbocycles. The summed E-state index contributed by atoms with van der Waals surface area (Å²) >= 11 is 1.60. The lowest BCUT2D eigenvalue weighted by Crippen LogP contribution is -2.41. The number of aliphatic hydroxyl groups is 1. The van der Waals surface area contributed by atoms with Gasteiger partial charge in [-0.15, -0.1) is 11.8 Å². The van der Waals surface area contributed by atoms with Crippen LogP contribution in [-0.4, -0.2) is 36.5 Å². The maximum atomic E-state index is 11.9. The average Bonchev–Trinajstić information content (AvgIpc) is 3.17. The van der Waals surface area contributed by atoms with Crippen LogP contribution in [0, 0.1) is 0 Å². The Labute approximate surface area is 161 Å². The lowest BCUT2D eigenvalue weighted by molar-refractivity contribution is -0.139. The second-order valence-electron chi connectivity index (χ2n) is 5.87. The van der Waals surface area contributed by atoms with Crippen LogP contribution in [0.25, 0.3) is 0 Å². The maximum absolute atomic E-state index is 11.9. The normalized spacial score (nSPS) is 13.1. The molecule has 2 aromatic rings. The Balaban J connectivity index is 1.45. The Kier molecular flexibility index (Phi) is 6.20. The highest BCUT2D eigenvalue weighted by atomic mass is 32.2. The third kappa shape index (κ3) is 4.93. The highest BCUT2D eigenvalue weighted by Crippen LogP contribution is 2.32. The Hall–Kier alpha value is -2.71. The number of benzene rings is 2. The summed E-state index contributed by atoms with van der Waals surface area (Å²) in [6.45, 7) is 0.312. The van der Waals surface area contributed by atoms with Gasteiger partial charge in [0.1, 0.15) is 0 Å². The third-order valence-corrected chi connectivity index (χ3v) is 4.80. The minimum Gasteiger partial charge on any atom is -0.454 e. The zero-order valence-electron chi connectivity index (χ0n) is 14.7. The van der Waals surface area contributed by atoms with Gasteiger partial charge in [0.25, 0.3) is 0 Å². The third-order valence-electron chi connectivity index (χ3n) is 4.05. The molecular weight excluding hydrogens is 368 g/mol. The molecule has 142 valence electrons. The molecule has 0 saturated heterocycles. The van der Waals surface area contributed by atoms with Gasteiger partial charge in [0.05, 0.1) is 6.10 Å². The van der Waals surface area contributed by atoms with Crippen molar-refractivity contribution in [2.45, 2.75) is 17.5 Å². The summed E-state index contributed by atoms with van der Waals surface area (Å²) in [7, 11) is 0. The van der Waals surface area contributed by atoms with Gasteiger partial charge in [-0.05, 0) is 41.6 Å². The zero-order valence-corrected chi connectivity index (χ0v) is 15.5. The van der Waals surface area contributed by atoms with Gasteiger partial charge in [-0.3, -0.25) is 9.59 Å². The van der Waals surface area contributed by atoms with Crippen LogP contribution in [0.5, 0.6) is 11.5 Å². The molecule has 8 heteroatoms. The van der Waals surface area contributed by atoms with Crippen LogP contribution in [0.15, 0.2) is 47.4 Å². The molecule has 0 bridgehead atoms. The summed E-state index contributed by atoms with van der Waals surface area (Å²) < 4.78 is 10.5. The van der Waals surface area contributed by atoms with E-state index in [9.17, 15) is 14.7 Å². The number of aliphatic hydroxyl groups excluding tert-OH is 1. The number of amides is 2. The van der Waals surface area contributed by atoms with Gasteiger partial charge >= 0.3 is 11.8 Å². The van der Waals surface area contributed by atoms with Crippen molar-refractivity contribution >= 4 is 23.6 Å². The molecule has 7 nitrogen and oxygen atoms in total. The quantitative estimate of drug-likeness (QED) is 0.514.